The monoisotopic (exact) mass is 386 g/mol. The molecule has 4 heteroatoms. The van der Waals surface area contributed by atoms with Crippen LogP contribution in [0.15, 0.2) is 0 Å². The smallest absolute Gasteiger partial charge is 0.293 e. The molecule has 0 saturated heterocycles. The molecule has 0 aromatic carbocycles. The van der Waals surface area contributed by atoms with E-state index in [9.17, 15) is 4.79 Å². The van der Waals surface area contributed by atoms with Crippen LogP contribution in [0.25, 0.3) is 0 Å². The first-order valence-corrected chi connectivity index (χ1v) is 11.5. The van der Waals surface area contributed by atoms with Crippen LogP contribution in [-0.4, -0.2) is 40.0 Å². The van der Waals surface area contributed by atoms with Crippen molar-refractivity contribution in [3.8, 4) is 0 Å². The average Bonchev–Trinajstić information content (AvgIpc) is 2.68. The fraction of sp³-hybridized carbons (Fsp3) is 0.957. The summed E-state index contributed by atoms with van der Waals surface area (Å²) in [7, 11) is 1.71. The van der Waals surface area contributed by atoms with Gasteiger partial charge >= 0.3 is 0 Å². The van der Waals surface area contributed by atoms with Crippen molar-refractivity contribution >= 4 is 6.47 Å². The summed E-state index contributed by atoms with van der Waals surface area (Å²) in [6.07, 6.45) is 22.7. The van der Waals surface area contributed by atoms with E-state index in [0.29, 0.717) is 19.7 Å². The molecule has 0 atom stereocenters. The van der Waals surface area contributed by atoms with Gasteiger partial charge in [-0.25, -0.2) is 0 Å². The van der Waals surface area contributed by atoms with Gasteiger partial charge in [-0.1, -0.05) is 96.3 Å². The molecule has 0 bridgehead atoms. The fourth-order valence-electron chi connectivity index (χ4n) is 3.33. The molecule has 0 aliphatic heterocycles. The molecule has 0 aromatic heterocycles. The highest BCUT2D eigenvalue weighted by Gasteiger charge is 1.95. The maximum atomic E-state index is 9.99. The lowest BCUT2D eigenvalue weighted by molar-refractivity contribution is -0.128. The van der Waals surface area contributed by atoms with Gasteiger partial charge in [0.05, 0.1) is 19.8 Å². The Morgan fingerprint density at radius 2 is 0.852 bits per heavy atom. The maximum absolute atomic E-state index is 9.99. The number of methoxy groups -OCH3 is 1. The van der Waals surface area contributed by atoms with Crippen molar-refractivity contribution in [2.45, 2.75) is 109 Å². The highest BCUT2D eigenvalue weighted by atomic mass is 16.5. The third-order valence-electron chi connectivity index (χ3n) is 5.05. The maximum Gasteiger partial charge on any atom is 0.293 e. The van der Waals surface area contributed by atoms with E-state index in [1.807, 2.05) is 0 Å². The molecule has 0 unspecified atom stereocenters. The second-order valence-corrected chi connectivity index (χ2v) is 7.58. The minimum absolute atomic E-state index is 0.546. The van der Waals surface area contributed by atoms with E-state index in [4.69, 9.17) is 9.47 Å². The van der Waals surface area contributed by atoms with Gasteiger partial charge in [-0.05, 0) is 12.8 Å². The van der Waals surface area contributed by atoms with Gasteiger partial charge in [-0.3, -0.25) is 4.79 Å². The van der Waals surface area contributed by atoms with Crippen molar-refractivity contribution in [2.24, 2.45) is 0 Å². The molecule has 27 heavy (non-hydrogen) atoms. The summed E-state index contributed by atoms with van der Waals surface area (Å²) in [5, 5.41) is 0. The predicted octanol–water partition coefficient (Wildman–Crippen LogP) is 6.45. The molecule has 0 aromatic rings. The van der Waals surface area contributed by atoms with Crippen molar-refractivity contribution in [3.05, 3.63) is 0 Å². The highest BCUT2D eigenvalue weighted by molar-refractivity contribution is 5.36. The van der Waals surface area contributed by atoms with Crippen LogP contribution in [0.3, 0.4) is 0 Å². The Bertz CT molecular complexity index is 271. The van der Waals surface area contributed by atoms with Gasteiger partial charge in [-0.15, -0.1) is 0 Å². The first-order valence-electron chi connectivity index (χ1n) is 11.5. The Kier molecular flexibility index (Phi) is 24.8. The van der Waals surface area contributed by atoms with Gasteiger partial charge in [0.25, 0.3) is 6.47 Å². The zero-order valence-electron chi connectivity index (χ0n) is 18.1. The minimum Gasteiger partial charge on any atom is -0.468 e. The van der Waals surface area contributed by atoms with Crippen LogP contribution in [-0.2, 0) is 19.0 Å². The largest absolute Gasteiger partial charge is 0.468 e. The van der Waals surface area contributed by atoms with Gasteiger partial charge < -0.3 is 14.2 Å². The third-order valence-corrected chi connectivity index (χ3v) is 5.05. The normalized spacial score (nSPS) is 11.0. The van der Waals surface area contributed by atoms with Gasteiger partial charge in [0.2, 0.25) is 0 Å². The Labute approximate surface area is 168 Å². The van der Waals surface area contributed by atoms with E-state index < -0.39 is 0 Å². The lowest BCUT2D eigenvalue weighted by Crippen LogP contribution is -2.02. The summed E-state index contributed by atoms with van der Waals surface area (Å²) in [6.45, 7) is 3.47. The van der Waals surface area contributed by atoms with Gasteiger partial charge in [0, 0.05) is 13.7 Å². The summed E-state index contributed by atoms with van der Waals surface area (Å²) >= 11 is 0. The number of carbonyl (C=O) groups excluding carboxylic acids is 1. The summed E-state index contributed by atoms with van der Waals surface area (Å²) < 4.78 is 15.1. The van der Waals surface area contributed by atoms with Crippen molar-refractivity contribution in [2.75, 3.05) is 33.5 Å². The van der Waals surface area contributed by atoms with Crippen LogP contribution in [0, 0.1) is 0 Å². The van der Waals surface area contributed by atoms with Crippen LogP contribution < -0.4 is 0 Å². The average molecular weight is 387 g/mol. The SMILES string of the molecule is COCCOCCCCCCCCCCCCCCCCCCCOC=O. The minimum atomic E-state index is 0.546. The zero-order chi connectivity index (χ0) is 19.7. The summed E-state index contributed by atoms with van der Waals surface area (Å²) in [5.74, 6) is 0. The molecule has 0 N–H and O–H groups in total. The zero-order valence-corrected chi connectivity index (χ0v) is 18.1. The van der Waals surface area contributed by atoms with E-state index in [1.165, 1.54) is 103 Å². The molecule has 162 valence electrons. The number of carbonyl (C=O) groups is 1. The molecule has 0 fully saturated rings. The van der Waals surface area contributed by atoms with Crippen molar-refractivity contribution in [1.82, 2.24) is 0 Å². The molecule has 0 aliphatic carbocycles. The quantitative estimate of drug-likeness (QED) is 0.141. The molecule has 0 radical (unpaired) electrons. The Balaban J connectivity index is 2.96. The van der Waals surface area contributed by atoms with Crippen LogP contribution >= 0.6 is 0 Å². The van der Waals surface area contributed by atoms with Gasteiger partial charge in [0.15, 0.2) is 0 Å². The van der Waals surface area contributed by atoms with Crippen LogP contribution in [0.2, 0.25) is 0 Å². The highest BCUT2D eigenvalue weighted by Crippen LogP contribution is 2.14. The molecule has 0 saturated carbocycles. The van der Waals surface area contributed by atoms with E-state index in [0.717, 1.165) is 19.6 Å². The Morgan fingerprint density at radius 3 is 1.22 bits per heavy atom. The second kappa shape index (κ2) is 25.4. The van der Waals surface area contributed by atoms with Gasteiger partial charge in [0.1, 0.15) is 0 Å². The fourth-order valence-corrected chi connectivity index (χ4v) is 3.33. The van der Waals surface area contributed by atoms with Gasteiger partial charge in [-0.2, -0.15) is 0 Å². The van der Waals surface area contributed by atoms with Crippen molar-refractivity contribution in [3.63, 3.8) is 0 Å². The van der Waals surface area contributed by atoms with Crippen LogP contribution in [0.4, 0.5) is 0 Å². The number of hydrogen-bond donors (Lipinski definition) is 0. The molecule has 0 rings (SSSR count). The standard InChI is InChI=1S/C23H46O4/c1-25-21-22-26-19-17-15-13-11-9-7-5-3-2-4-6-8-10-12-14-16-18-20-27-23-24/h23H,2-22H2,1H3. The van der Waals surface area contributed by atoms with E-state index in [-0.39, 0.29) is 0 Å². The molecule has 0 amide bonds. The first kappa shape index (κ1) is 26.4. The summed E-state index contributed by atoms with van der Waals surface area (Å²) in [4.78, 5) is 9.99. The molecule has 0 spiro atoms. The molecule has 4 nitrogen and oxygen atoms in total. The number of rotatable bonds is 24. The number of hydrogen-bond acceptors (Lipinski definition) is 4. The molecular formula is C23H46O4. The molecular weight excluding hydrogens is 340 g/mol. The van der Waals surface area contributed by atoms with E-state index in [2.05, 4.69) is 4.74 Å². The Hall–Kier alpha value is -0.610. The topological polar surface area (TPSA) is 44.8 Å². The molecule has 0 heterocycles. The lowest BCUT2D eigenvalue weighted by Gasteiger charge is -2.04. The summed E-state index contributed by atoms with van der Waals surface area (Å²) in [6, 6.07) is 0. The first-order chi connectivity index (χ1) is 13.4. The molecule has 0 aliphatic rings. The van der Waals surface area contributed by atoms with Crippen molar-refractivity contribution in [1.29, 1.82) is 0 Å². The van der Waals surface area contributed by atoms with Crippen molar-refractivity contribution < 1.29 is 19.0 Å². The van der Waals surface area contributed by atoms with Crippen LogP contribution in [0.5, 0.6) is 0 Å². The van der Waals surface area contributed by atoms with Crippen LogP contribution in [0.1, 0.15) is 109 Å². The van der Waals surface area contributed by atoms with E-state index >= 15 is 0 Å². The van der Waals surface area contributed by atoms with E-state index in [1.54, 1.807) is 7.11 Å². The summed E-state index contributed by atoms with van der Waals surface area (Å²) in [5.41, 5.74) is 0. The number of ether oxygens (including phenoxy) is 3. The lowest BCUT2D eigenvalue weighted by atomic mass is 10.0. The third kappa shape index (κ3) is 25.4. The Morgan fingerprint density at radius 1 is 0.481 bits per heavy atom. The predicted molar refractivity (Wildman–Crippen MR) is 113 cm³/mol. The number of unbranched alkanes of at least 4 members (excludes halogenated alkanes) is 16. The second-order valence-electron chi connectivity index (χ2n) is 7.58.